The van der Waals surface area contributed by atoms with E-state index in [1.54, 1.807) is 6.26 Å². The van der Waals surface area contributed by atoms with Crippen molar-refractivity contribution in [3.05, 3.63) is 0 Å². The van der Waals surface area contributed by atoms with Crippen molar-refractivity contribution in [2.75, 3.05) is 12.0 Å². The van der Waals surface area contributed by atoms with Crippen molar-refractivity contribution >= 4 is 41.4 Å². The van der Waals surface area contributed by atoms with Gasteiger partial charge in [0.05, 0.1) is 12.2 Å². The maximum atomic E-state index is 12.8. The van der Waals surface area contributed by atoms with Crippen LogP contribution >= 0.6 is 11.8 Å². The summed E-state index contributed by atoms with van der Waals surface area (Å²) in [6.07, 6.45) is -1.60. The first kappa shape index (κ1) is 29.6. The van der Waals surface area contributed by atoms with Gasteiger partial charge >= 0.3 is 11.9 Å². The number of aliphatic carboxylic acids is 2. The minimum absolute atomic E-state index is 0.143. The molecular weight excluding hydrogens is 448 g/mol. The Morgan fingerprint density at radius 2 is 1.34 bits per heavy atom. The van der Waals surface area contributed by atoms with E-state index in [1.807, 2.05) is 0 Å². The fourth-order valence-corrected chi connectivity index (χ4v) is 2.91. The van der Waals surface area contributed by atoms with Gasteiger partial charge in [0, 0.05) is 6.42 Å². The maximum Gasteiger partial charge on any atom is 0.328 e. The monoisotopic (exact) mass is 480 g/mol. The van der Waals surface area contributed by atoms with Crippen LogP contribution in [0.15, 0.2) is 0 Å². The first-order valence-corrected chi connectivity index (χ1v) is 11.2. The average molecular weight is 481 g/mol. The van der Waals surface area contributed by atoms with Gasteiger partial charge in [0.1, 0.15) is 18.1 Å². The van der Waals surface area contributed by atoms with Crippen molar-refractivity contribution in [1.82, 2.24) is 16.0 Å². The zero-order chi connectivity index (χ0) is 25.0. The summed E-state index contributed by atoms with van der Waals surface area (Å²) < 4.78 is 0. The van der Waals surface area contributed by atoms with Crippen LogP contribution in [-0.2, 0) is 24.0 Å². The molecule has 0 saturated heterocycles. The molecule has 0 heterocycles. The van der Waals surface area contributed by atoms with E-state index in [9.17, 15) is 34.2 Å². The summed E-state index contributed by atoms with van der Waals surface area (Å²) in [7, 11) is 0. The molecule has 9 N–H and O–H groups in total. The topological polar surface area (TPSA) is 228 Å². The molecule has 0 aliphatic carbocycles. The fourth-order valence-electron chi connectivity index (χ4n) is 2.44. The Kier molecular flexibility index (Phi) is 13.5. The number of nitrogens with one attached hydrogen (secondary N) is 3. The van der Waals surface area contributed by atoms with Crippen molar-refractivity contribution in [2.45, 2.75) is 69.5 Å². The summed E-state index contributed by atoms with van der Waals surface area (Å²) in [6, 6.07) is -5.57. The van der Waals surface area contributed by atoms with Gasteiger partial charge in [-0.25, -0.2) is 4.79 Å². The molecule has 0 radical (unpaired) electrons. The molecule has 6 unspecified atom stereocenters. The standard InChI is InChI=1S/C18H32N4O9S/c1-8(23)13(19)17(29)21-11(6-7-32-3)15(27)20-10(4-5-12(25)26)16(28)22-14(9(2)24)18(30)31/h8-11,13-14,23-24H,4-7,19H2,1-3H3,(H,20,27)(H,21,29)(H,22,28)(H,25,26)(H,30,31). The van der Waals surface area contributed by atoms with E-state index in [4.69, 9.17) is 15.9 Å². The molecule has 32 heavy (non-hydrogen) atoms. The highest BCUT2D eigenvalue weighted by Crippen LogP contribution is 2.06. The number of carboxylic acids is 2. The van der Waals surface area contributed by atoms with Crippen LogP contribution < -0.4 is 21.7 Å². The highest BCUT2D eigenvalue weighted by molar-refractivity contribution is 7.98. The summed E-state index contributed by atoms with van der Waals surface area (Å²) in [4.78, 5) is 59.6. The van der Waals surface area contributed by atoms with Crippen LogP contribution in [-0.4, -0.2) is 98.5 Å². The molecule has 0 rings (SSSR count). The van der Waals surface area contributed by atoms with Crippen LogP contribution in [0.2, 0.25) is 0 Å². The summed E-state index contributed by atoms with van der Waals surface area (Å²) in [5.74, 6) is -4.96. The maximum absolute atomic E-state index is 12.8. The van der Waals surface area contributed by atoms with Gasteiger partial charge in [-0.2, -0.15) is 11.8 Å². The van der Waals surface area contributed by atoms with Crippen molar-refractivity contribution in [1.29, 1.82) is 0 Å². The van der Waals surface area contributed by atoms with E-state index >= 15 is 0 Å². The summed E-state index contributed by atoms with van der Waals surface area (Å²) in [5.41, 5.74) is 5.57. The van der Waals surface area contributed by atoms with Crippen LogP contribution in [0.4, 0.5) is 0 Å². The summed E-state index contributed by atoms with van der Waals surface area (Å²) >= 11 is 1.38. The van der Waals surface area contributed by atoms with Crippen molar-refractivity contribution in [2.24, 2.45) is 5.73 Å². The molecule has 0 saturated carbocycles. The zero-order valence-electron chi connectivity index (χ0n) is 18.1. The fraction of sp³-hybridized carbons (Fsp3) is 0.722. The van der Waals surface area contributed by atoms with Crippen LogP contribution in [0.1, 0.15) is 33.1 Å². The molecule has 3 amide bonds. The number of amides is 3. The van der Waals surface area contributed by atoms with Gasteiger partial charge in [0.15, 0.2) is 6.04 Å². The second-order valence-corrected chi connectivity index (χ2v) is 8.15. The average Bonchev–Trinajstić information content (AvgIpc) is 2.70. The molecule has 0 aliphatic heterocycles. The first-order valence-electron chi connectivity index (χ1n) is 9.78. The third kappa shape index (κ3) is 10.7. The second kappa shape index (κ2) is 14.6. The third-order valence-corrected chi connectivity index (χ3v) is 5.04. The molecule has 184 valence electrons. The van der Waals surface area contributed by atoms with Crippen molar-refractivity contribution in [3.63, 3.8) is 0 Å². The molecular formula is C18H32N4O9S. The van der Waals surface area contributed by atoms with E-state index in [2.05, 4.69) is 16.0 Å². The van der Waals surface area contributed by atoms with Crippen molar-refractivity contribution < 1.29 is 44.4 Å². The number of rotatable bonds is 15. The predicted octanol–water partition coefficient (Wildman–Crippen LogP) is -2.77. The zero-order valence-corrected chi connectivity index (χ0v) is 18.9. The number of hydrogen-bond acceptors (Lipinski definition) is 9. The predicted molar refractivity (Wildman–Crippen MR) is 115 cm³/mol. The lowest BCUT2D eigenvalue weighted by Crippen LogP contribution is -2.59. The van der Waals surface area contributed by atoms with Gasteiger partial charge in [0.25, 0.3) is 0 Å². The van der Waals surface area contributed by atoms with Gasteiger partial charge in [0.2, 0.25) is 17.7 Å². The van der Waals surface area contributed by atoms with E-state index in [-0.39, 0.29) is 12.8 Å². The molecule has 13 nitrogen and oxygen atoms in total. The van der Waals surface area contributed by atoms with Crippen LogP contribution in [0.5, 0.6) is 0 Å². The van der Waals surface area contributed by atoms with Gasteiger partial charge in [-0.05, 0) is 38.7 Å². The number of nitrogens with two attached hydrogens (primary N) is 1. The van der Waals surface area contributed by atoms with Crippen LogP contribution in [0.3, 0.4) is 0 Å². The number of thioether (sulfide) groups is 1. The third-order valence-electron chi connectivity index (χ3n) is 4.39. The van der Waals surface area contributed by atoms with E-state index < -0.39 is 72.5 Å². The van der Waals surface area contributed by atoms with E-state index in [1.165, 1.54) is 18.7 Å². The molecule has 0 spiro atoms. The lowest BCUT2D eigenvalue weighted by molar-refractivity contribution is -0.145. The molecule has 6 atom stereocenters. The molecule has 0 aliphatic rings. The Bertz CT molecular complexity index is 675. The van der Waals surface area contributed by atoms with E-state index in [0.717, 1.165) is 6.92 Å². The Labute approximate surface area is 189 Å². The molecule has 0 fully saturated rings. The second-order valence-electron chi connectivity index (χ2n) is 7.17. The number of aliphatic hydroxyl groups is 2. The normalized spacial score (nSPS) is 16.6. The van der Waals surface area contributed by atoms with Gasteiger partial charge in [-0.3, -0.25) is 19.2 Å². The first-order chi connectivity index (χ1) is 14.8. The Hall–Kier alpha value is -2.42. The highest BCUT2D eigenvalue weighted by Gasteiger charge is 2.32. The quantitative estimate of drug-likeness (QED) is 0.120. The Balaban J connectivity index is 5.53. The smallest absolute Gasteiger partial charge is 0.328 e. The largest absolute Gasteiger partial charge is 0.481 e. The Morgan fingerprint density at radius 1 is 0.844 bits per heavy atom. The molecule has 0 aromatic rings. The lowest BCUT2D eigenvalue weighted by Gasteiger charge is -2.26. The van der Waals surface area contributed by atoms with Crippen LogP contribution in [0, 0.1) is 0 Å². The highest BCUT2D eigenvalue weighted by atomic mass is 32.2. The lowest BCUT2D eigenvalue weighted by atomic mass is 10.1. The van der Waals surface area contributed by atoms with E-state index in [0.29, 0.717) is 5.75 Å². The SMILES string of the molecule is CSCCC(NC(=O)C(N)C(C)O)C(=O)NC(CCC(=O)O)C(=O)NC(C(=O)O)C(C)O. The number of carbonyl (C=O) groups is 5. The van der Waals surface area contributed by atoms with Crippen molar-refractivity contribution in [3.8, 4) is 0 Å². The number of hydrogen-bond donors (Lipinski definition) is 8. The minimum Gasteiger partial charge on any atom is -0.481 e. The summed E-state index contributed by atoms with van der Waals surface area (Å²) in [6.45, 7) is 2.44. The molecule has 0 aromatic heterocycles. The Morgan fingerprint density at radius 3 is 1.78 bits per heavy atom. The number of aliphatic hydroxyl groups excluding tert-OH is 2. The van der Waals surface area contributed by atoms with Crippen LogP contribution in [0.25, 0.3) is 0 Å². The minimum atomic E-state index is -1.68. The summed E-state index contributed by atoms with van der Waals surface area (Å²) in [5, 5.41) is 43.8. The number of carboxylic acid groups (broad SMARTS) is 2. The molecule has 0 bridgehead atoms. The molecule has 14 heteroatoms. The van der Waals surface area contributed by atoms with Gasteiger partial charge < -0.3 is 42.1 Å². The van der Waals surface area contributed by atoms with Gasteiger partial charge in [-0.1, -0.05) is 0 Å². The number of carbonyl (C=O) groups excluding carboxylic acids is 3. The molecule has 0 aromatic carbocycles. The van der Waals surface area contributed by atoms with Gasteiger partial charge in [-0.15, -0.1) is 0 Å².